The van der Waals surface area contributed by atoms with Crippen molar-refractivity contribution < 1.29 is 0 Å². The van der Waals surface area contributed by atoms with E-state index in [1.165, 1.54) is 5.57 Å². The van der Waals surface area contributed by atoms with Crippen LogP contribution in [0.15, 0.2) is 53.1 Å². The highest BCUT2D eigenvalue weighted by molar-refractivity contribution is 5.83. The van der Waals surface area contributed by atoms with Gasteiger partial charge in [-0.1, -0.05) is 56.4 Å². The third kappa shape index (κ3) is 6.95. The fourth-order valence-corrected chi connectivity index (χ4v) is 3.52. The number of amidine groups is 1. The van der Waals surface area contributed by atoms with Gasteiger partial charge in [0.25, 0.3) is 0 Å². The van der Waals surface area contributed by atoms with Crippen molar-refractivity contribution in [3.8, 4) is 0 Å². The van der Waals surface area contributed by atoms with E-state index in [1.807, 2.05) is 0 Å². The summed E-state index contributed by atoms with van der Waals surface area (Å²) in [7, 11) is 0. The van der Waals surface area contributed by atoms with Gasteiger partial charge in [-0.3, -0.25) is 4.99 Å². The molecule has 0 radical (unpaired) electrons. The number of rotatable bonds is 9. The molecule has 0 aromatic heterocycles. The van der Waals surface area contributed by atoms with Crippen molar-refractivity contribution in [1.29, 1.82) is 0 Å². The topological polar surface area (TPSA) is 64.4 Å². The molecule has 0 amide bonds. The molecule has 0 bridgehead atoms. The van der Waals surface area contributed by atoms with Gasteiger partial charge in [0.1, 0.15) is 0 Å². The van der Waals surface area contributed by atoms with Crippen LogP contribution < -0.4 is 11.5 Å². The van der Waals surface area contributed by atoms with Crippen LogP contribution in [0.2, 0.25) is 0 Å². The van der Waals surface area contributed by atoms with E-state index >= 15 is 0 Å². The number of nitrogens with zero attached hydrogens (tertiary/aromatic N) is 1. The number of hydrogen-bond acceptors (Lipinski definition) is 2. The molecule has 2 aliphatic rings. The lowest BCUT2D eigenvalue weighted by Crippen LogP contribution is -2.27. The zero-order valence-electron chi connectivity index (χ0n) is 16.6. The first kappa shape index (κ1) is 20.7. The lowest BCUT2D eigenvalue weighted by Gasteiger charge is -2.22. The lowest BCUT2D eigenvalue weighted by molar-refractivity contribution is 0.553. The van der Waals surface area contributed by atoms with E-state index in [4.69, 9.17) is 16.5 Å². The Kier molecular flexibility index (Phi) is 8.90. The molecule has 3 nitrogen and oxygen atoms in total. The summed E-state index contributed by atoms with van der Waals surface area (Å²) >= 11 is 0. The van der Waals surface area contributed by atoms with Crippen molar-refractivity contribution in [2.24, 2.45) is 28.3 Å². The van der Waals surface area contributed by atoms with Gasteiger partial charge in [-0.2, -0.15) is 0 Å². The van der Waals surface area contributed by atoms with Crippen LogP contribution in [0.4, 0.5) is 0 Å². The standard InChI is InChI=1S/C23H37N3/c1-3-21(24)16-14-18(2)15-17-22(19-10-6-4-7-11-19)26-23(25)20-12-8-5-9-13-20/h5-6,8,10-11,14,16,18,20-22H,3-4,7,9,12-13,15,17,24H2,1-2H3,(H2,25,26)/b16-14-/t18-,20?,21?,22?/m0/s1. The van der Waals surface area contributed by atoms with Gasteiger partial charge in [0, 0.05) is 12.0 Å². The monoisotopic (exact) mass is 355 g/mol. The molecule has 0 aliphatic heterocycles. The van der Waals surface area contributed by atoms with Crippen LogP contribution in [0.3, 0.4) is 0 Å². The van der Waals surface area contributed by atoms with Crippen LogP contribution in [-0.2, 0) is 0 Å². The third-order valence-corrected chi connectivity index (χ3v) is 5.45. The molecule has 26 heavy (non-hydrogen) atoms. The normalized spacial score (nSPS) is 24.5. The summed E-state index contributed by atoms with van der Waals surface area (Å²) in [4.78, 5) is 5.00. The van der Waals surface area contributed by atoms with Gasteiger partial charge < -0.3 is 11.5 Å². The maximum Gasteiger partial charge on any atom is 0.0979 e. The van der Waals surface area contributed by atoms with E-state index in [9.17, 15) is 0 Å². The van der Waals surface area contributed by atoms with Crippen LogP contribution in [-0.4, -0.2) is 17.9 Å². The molecule has 0 spiro atoms. The van der Waals surface area contributed by atoms with Crippen LogP contribution in [0.5, 0.6) is 0 Å². The lowest BCUT2D eigenvalue weighted by atomic mass is 9.91. The summed E-state index contributed by atoms with van der Waals surface area (Å²) < 4.78 is 0. The molecule has 4 atom stereocenters. The van der Waals surface area contributed by atoms with Gasteiger partial charge in [-0.05, 0) is 62.9 Å². The first-order chi connectivity index (χ1) is 12.6. The largest absolute Gasteiger partial charge is 0.387 e. The van der Waals surface area contributed by atoms with Gasteiger partial charge in [-0.15, -0.1) is 0 Å². The summed E-state index contributed by atoms with van der Waals surface area (Å²) in [6, 6.07) is 0.360. The molecule has 144 valence electrons. The van der Waals surface area contributed by atoms with Crippen molar-refractivity contribution in [3.63, 3.8) is 0 Å². The first-order valence-corrected chi connectivity index (χ1v) is 10.4. The van der Waals surface area contributed by atoms with Gasteiger partial charge in [0.2, 0.25) is 0 Å². The van der Waals surface area contributed by atoms with Gasteiger partial charge in [-0.25, -0.2) is 0 Å². The van der Waals surface area contributed by atoms with Crippen LogP contribution >= 0.6 is 0 Å². The van der Waals surface area contributed by atoms with E-state index < -0.39 is 0 Å². The minimum Gasteiger partial charge on any atom is -0.387 e. The molecule has 0 aromatic carbocycles. The molecule has 0 saturated carbocycles. The molecular weight excluding hydrogens is 318 g/mol. The Morgan fingerprint density at radius 1 is 1.19 bits per heavy atom. The van der Waals surface area contributed by atoms with Crippen LogP contribution in [0.1, 0.15) is 65.2 Å². The minimum atomic E-state index is 0.172. The molecular formula is C23H37N3. The van der Waals surface area contributed by atoms with Gasteiger partial charge >= 0.3 is 0 Å². The predicted octanol–water partition coefficient (Wildman–Crippen LogP) is 5.05. The summed E-state index contributed by atoms with van der Waals surface area (Å²) in [5.41, 5.74) is 13.7. The second-order valence-electron chi connectivity index (χ2n) is 7.75. The number of aliphatic imine (C=N–C) groups is 1. The first-order valence-electron chi connectivity index (χ1n) is 10.4. The van der Waals surface area contributed by atoms with E-state index in [0.717, 1.165) is 57.2 Å². The Balaban J connectivity index is 2.02. The maximum absolute atomic E-state index is 6.41. The average Bonchev–Trinajstić information content (AvgIpc) is 2.70. The van der Waals surface area contributed by atoms with Gasteiger partial charge in [0.05, 0.1) is 11.9 Å². The maximum atomic E-state index is 6.41. The Morgan fingerprint density at radius 3 is 2.69 bits per heavy atom. The fourth-order valence-electron chi connectivity index (χ4n) is 3.52. The van der Waals surface area contributed by atoms with E-state index in [0.29, 0.717) is 11.8 Å². The van der Waals surface area contributed by atoms with Crippen molar-refractivity contribution in [1.82, 2.24) is 0 Å². The van der Waals surface area contributed by atoms with E-state index in [1.54, 1.807) is 0 Å². The van der Waals surface area contributed by atoms with Crippen molar-refractivity contribution in [3.05, 3.63) is 48.1 Å². The molecule has 4 N–H and O–H groups in total. The zero-order chi connectivity index (χ0) is 18.8. The van der Waals surface area contributed by atoms with E-state index in [-0.39, 0.29) is 12.1 Å². The van der Waals surface area contributed by atoms with Crippen LogP contribution in [0.25, 0.3) is 0 Å². The smallest absolute Gasteiger partial charge is 0.0979 e. The summed E-state index contributed by atoms with van der Waals surface area (Å²) in [5.74, 6) is 1.77. The quantitative estimate of drug-likeness (QED) is 0.345. The van der Waals surface area contributed by atoms with Crippen molar-refractivity contribution >= 4 is 5.84 Å². The van der Waals surface area contributed by atoms with Crippen LogP contribution in [0, 0.1) is 11.8 Å². The molecule has 2 aliphatic carbocycles. The highest BCUT2D eigenvalue weighted by Crippen LogP contribution is 2.24. The highest BCUT2D eigenvalue weighted by atomic mass is 14.9. The average molecular weight is 356 g/mol. The number of allylic oxidation sites excluding steroid dienone is 5. The van der Waals surface area contributed by atoms with Gasteiger partial charge in [0.15, 0.2) is 0 Å². The number of hydrogen-bond donors (Lipinski definition) is 2. The Labute approximate surface area is 160 Å². The van der Waals surface area contributed by atoms with Crippen molar-refractivity contribution in [2.75, 3.05) is 0 Å². The molecule has 0 saturated heterocycles. The Bertz CT molecular complexity index is 568. The molecule has 0 fully saturated rings. The third-order valence-electron chi connectivity index (χ3n) is 5.45. The molecule has 0 heterocycles. The second kappa shape index (κ2) is 11.2. The SMILES string of the molecule is CCC(N)/C=C\[C@H](C)CCC(/N=C(\N)C1CC=CCC1)C1=CCCC=C1. The zero-order valence-corrected chi connectivity index (χ0v) is 16.6. The minimum absolute atomic E-state index is 0.172. The predicted molar refractivity (Wildman–Crippen MR) is 114 cm³/mol. The fraction of sp³-hybridized carbons (Fsp3) is 0.609. The molecule has 3 unspecified atom stereocenters. The molecule has 0 aromatic rings. The Hall–Kier alpha value is -1.61. The molecule has 3 heteroatoms. The van der Waals surface area contributed by atoms with E-state index in [2.05, 4.69) is 56.4 Å². The highest BCUT2D eigenvalue weighted by Gasteiger charge is 2.19. The van der Waals surface area contributed by atoms with Crippen molar-refractivity contribution in [2.45, 2.75) is 77.3 Å². The Morgan fingerprint density at radius 2 is 2.04 bits per heavy atom. The summed E-state index contributed by atoms with van der Waals surface area (Å²) in [5, 5.41) is 0. The summed E-state index contributed by atoms with van der Waals surface area (Å²) in [6.45, 7) is 4.38. The summed E-state index contributed by atoms with van der Waals surface area (Å²) in [6.07, 6.45) is 24.4. The number of nitrogens with two attached hydrogens (primary N) is 2. The second-order valence-corrected chi connectivity index (χ2v) is 7.75. The molecule has 2 rings (SSSR count).